The molecular weight excluding hydrogens is 324 g/mol. The van der Waals surface area contributed by atoms with E-state index in [-0.39, 0.29) is 23.5 Å². The van der Waals surface area contributed by atoms with Crippen molar-refractivity contribution in [2.75, 3.05) is 29.5 Å². The normalized spacial score (nSPS) is 24.8. The average Bonchev–Trinajstić information content (AvgIpc) is 3.05. The zero-order chi connectivity index (χ0) is 17.3. The number of hydrogen-bond acceptors (Lipinski definition) is 4. The van der Waals surface area contributed by atoms with E-state index in [9.17, 15) is 13.2 Å². The summed E-state index contributed by atoms with van der Waals surface area (Å²) < 4.78 is 23.4. The molecule has 2 aliphatic heterocycles. The van der Waals surface area contributed by atoms with Crippen LogP contribution in [-0.2, 0) is 21.1 Å². The largest absolute Gasteiger partial charge is 0.368 e. The number of para-hydroxylation sites is 1. The van der Waals surface area contributed by atoms with E-state index < -0.39 is 9.84 Å². The van der Waals surface area contributed by atoms with Gasteiger partial charge in [0.1, 0.15) is 0 Å². The molecule has 3 rings (SSSR count). The topological polar surface area (TPSA) is 57.7 Å². The number of amides is 1. The highest BCUT2D eigenvalue weighted by atomic mass is 32.2. The lowest BCUT2D eigenvalue weighted by Crippen LogP contribution is -2.42. The molecule has 2 heterocycles. The average molecular weight is 350 g/mol. The molecule has 5 nitrogen and oxygen atoms in total. The van der Waals surface area contributed by atoms with Crippen LogP contribution in [0.25, 0.3) is 0 Å². The highest BCUT2D eigenvalue weighted by Gasteiger charge is 2.34. The van der Waals surface area contributed by atoms with Gasteiger partial charge in [-0.05, 0) is 38.3 Å². The maximum Gasteiger partial charge on any atom is 0.224 e. The van der Waals surface area contributed by atoms with Gasteiger partial charge in [0.05, 0.1) is 11.5 Å². The summed E-state index contributed by atoms with van der Waals surface area (Å²) in [6.45, 7) is 5.38. The van der Waals surface area contributed by atoms with Gasteiger partial charge < -0.3 is 9.80 Å². The van der Waals surface area contributed by atoms with Crippen molar-refractivity contribution in [3.05, 3.63) is 29.8 Å². The summed E-state index contributed by atoms with van der Waals surface area (Å²) in [6, 6.07) is 8.61. The summed E-state index contributed by atoms with van der Waals surface area (Å²) >= 11 is 0. The van der Waals surface area contributed by atoms with E-state index in [0.29, 0.717) is 32.0 Å². The Morgan fingerprint density at radius 2 is 2.08 bits per heavy atom. The van der Waals surface area contributed by atoms with Crippen LogP contribution in [0.2, 0.25) is 0 Å². The van der Waals surface area contributed by atoms with Crippen molar-refractivity contribution in [1.82, 2.24) is 4.90 Å². The lowest BCUT2D eigenvalue weighted by Gasteiger charge is -2.29. The van der Waals surface area contributed by atoms with Crippen LogP contribution in [0.3, 0.4) is 0 Å². The fourth-order valence-corrected chi connectivity index (χ4v) is 5.72. The van der Waals surface area contributed by atoms with Gasteiger partial charge in [-0.3, -0.25) is 4.79 Å². The van der Waals surface area contributed by atoms with Gasteiger partial charge in [0.2, 0.25) is 5.91 Å². The molecule has 2 atom stereocenters. The second kappa shape index (κ2) is 6.75. The number of carbonyl (C=O) groups is 1. The van der Waals surface area contributed by atoms with Gasteiger partial charge in [0.25, 0.3) is 0 Å². The molecule has 0 spiro atoms. The predicted octanol–water partition coefficient (Wildman–Crippen LogP) is 1.86. The summed E-state index contributed by atoms with van der Waals surface area (Å²) in [5.41, 5.74) is 2.57. The van der Waals surface area contributed by atoms with Gasteiger partial charge in [-0.1, -0.05) is 18.2 Å². The van der Waals surface area contributed by atoms with Gasteiger partial charge in [-0.2, -0.15) is 0 Å². The minimum atomic E-state index is -2.97. The molecule has 1 fully saturated rings. The SMILES string of the molecule is CCN(C(=O)CCN1c2ccccc2CC1C)C1CCS(=O)(=O)C1. The number of sulfone groups is 1. The molecular formula is C18H26N2O3S. The van der Waals surface area contributed by atoms with Crippen molar-refractivity contribution in [1.29, 1.82) is 0 Å². The lowest BCUT2D eigenvalue weighted by molar-refractivity contribution is -0.132. The lowest BCUT2D eigenvalue weighted by atomic mass is 10.1. The second-order valence-electron chi connectivity index (χ2n) is 6.86. The number of nitrogens with zero attached hydrogens (tertiary/aromatic N) is 2. The Kier molecular flexibility index (Phi) is 4.85. The number of benzene rings is 1. The van der Waals surface area contributed by atoms with Crippen LogP contribution in [0.5, 0.6) is 0 Å². The standard InChI is InChI=1S/C18H26N2O3S/c1-3-19(16-9-11-24(22,23)13-16)18(21)8-10-20-14(2)12-15-6-4-5-7-17(15)20/h4-7,14,16H,3,8-13H2,1-2H3. The summed E-state index contributed by atoms with van der Waals surface area (Å²) in [7, 11) is -2.97. The Bertz CT molecular complexity index is 717. The van der Waals surface area contributed by atoms with Gasteiger partial charge in [-0.25, -0.2) is 8.42 Å². The summed E-state index contributed by atoms with van der Waals surface area (Å²) in [6.07, 6.45) is 2.02. The molecule has 132 valence electrons. The van der Waals surface area contributed by atoms with E-state index in [1.165, 1.54) is 11.3 Å². The first kappa shape index (κ1) is 17.3. The van der Waals surface area contributed by atoms with Crippen molar-refractivity contribution in [2.24, 2.45) is 0 Å². The molecule has 0 bridgehead atoms. The van der Waals surface area contributed by atoms with Crippen LogP contribution in [0.15, 0.2) is 24.3 Å². The van der Waals surface area contributed by atoms with E-state index in [1.54, 1.807) is 4.90 Å². The quantitative estimate of drug-likeness (QED) is 0.813. The minimum Gasteiger partial charge on any atom is -0.368 e. The van der Waals surface area contributed by atoms with E-state index in [2.05, 4.69) is 30.0 Å². The molecule has 0 N–H and O–H groups in total. The third-order valence-corrected chi connectivity index (χ3v) is 6.98. The summed E-state index contributed by atoms with van der Waals surface area (Å²) in [5.74, 6) is 0.393. The molecule has 0 aliphatic carbocycles. The van der Waals surface area contributed by atoms with Crippen LogP contribution in [0, 0.1) is 0 Å². The Morgan fingerprint density at radius 3 is 2.75 bits per heavy atom. The fourth-order valence-electron chi connectivity index (χ4n) is 3.99. The van der Waals surface area contributed by atoms with Gasteiger partial charge in [0, 0.05) is 37.3 Å². The number of carbonyl (C=O) groups excluding carboxylic acids is 1. The van der Waals surface area contributed by atoms with Crippen LogP contribution in [-0.4, -0.2) is 55.9 Å². The maximum atomic E-state index is 12.7. The Hall–Kier alpha value is -1.56. The number of hydrogen-bond donors (Lipinski definition) is 0. The Labute approximate surface area is 144 Å². The molecule has 1 amide bonds. The fraction of sp³-hybridized carbons (Fsp3) is 0.611. The van der Waals surface area contributed by atoms with Crippen molar-refractivity contribution in [3.8, 4) is 0 Å². The zero-order valence-corrected chi connectivity index (χ0v) is 15.3. The highest BCUT2D eigenvalue weighted by Crippen LogP contribution is 2.31. The monoisotopic (exact) mass is 350 g/mol. The van der Waals surface area contributed by atoms with Crippen LogP contribution in [0.1, 0.15) is 32.3 Å². The highest BCUT2D eigenvalue weighted by molar-refractivity contribution is 7.91. The van der Waals surface area contributed by atoms with Crippen LogP contribution < -0.4 is 4.90 Å². The third kappa shape index (κ3) is 3.43. The first-order chi connectivity index (χ1) is 11.4. The van der Waals surface area contributed by atoms with E-state index in [1.807, 2.05) is 13.0 Å². The van der Waals surface area contributed by atoms with Gasteiger partial charge >= 0.3 is 0 Å². The number of rotatable bonds is 5. The zero-order valence-electron chi connectivity index (χ0n) is 14.4. The van der Waals surface area contributed by atoms with Gasteiger partial charge in [0.15, 0.2) is 9.84 Å². The molecule has 24 heavy (non-hydrogen) atoms. The molecule has 2 aliphatic rings. The maximum absolute atomic E-state index is 12.7. The predicted molar refractivity (Wildman–Crippen MR) is 96.0 cm³/mol. The summed E-state index contributed by atoms with van der Waals surface area (Å²) in [4.78, 5) is 16.7. The number of fused-ring (bicyclic) bond motifs is 1. The molecule has 0 saturated carbocycles. The smallest absolute Gasteiger partial charge is 0.224 e. The van der Waals surface area contributed by atoms with E-state index in [4.69, 9.17) is 0 Å². The first-order valence-corrected chi connectivity index (χ1v) is 10.6. The van der Waals surface area contributed by atoms with Crippen molar-refractivity contribution < 1.29 is 13.2 Å². The van der Waals surface area contributed by atoms with Crippen molar-refractivity contribution in [3.63, 3.8) is 0 Å². The van der Waals surface area contributed by atoms with E-state index in [0.717, 1.165) is 6.42 Å². The van der Waals surface area contributed by atoms with E-state index >= 15 is 0 Å². The molecule has 0 radical (unpaired) electrons. The minimum absolute atomic E-state index is 0.0659. The van der Waals surface area contributed by atoms with Gasteiger partial charge in [-0.15, -0.1) is 0 Å². The second-order valence-corrected chi connectivity index (χ2v) is 9.09. The Balaban J connectivity index is 1.63. The third-order valence-electron chi connectivity index (χ3n) is 5.23. The number of anilines is 1. The molecule has 0 aromatic heterocycles. The molecule has 6 heteroatoms. The van der Waals surface area contributed by atoms with Crippen LogP contribution in [0.4, 0.5) is 5.69 Å². The summed E-state index contributed by atoms with van der Waals surface area (Å²) in [5, 5.41) is 0. The molecule has 2 unspecified atom stereocenters. The van der Waals surface area contributed by atoms with Crippen LogP contribution >= 0.6 is 0 Å². The molecule has 1 aromatic carbocycles. The molecule has 1 saturated heterocycles. The van der Waals surface area contributed by atoms with Crippen molar-refractivity contribution >= 4 is 21.4 Å². The molecule has 1 aromatic rings. The van der Waals surface area contributed by atoms with Crippen molar-refractivity contribution in [2.45, 2.75) is 45.2 Å². The first-order valence-electron chi connectivity index (χ1n) is 8.75. The Morgan fingerprint density at radius 1 is 1.33 bits per heavy atom.